The van der Waals surface area contributed by atoms with Crippen molar-refractivity contribution in [2.75, 3.05) is 11.7 Å². The number of benzene rings is 2. The van der Waals surface area contributed by atoms with Crippen LogP contribution in [0.25, 0.3) is 0 Å². The molecule has 1 N–H and O–H groups in total. The molecule has 29 heavy (non-hydrogen) atoms. The second-order valence-corrected chi connectivity index (χ2v) is 7.03. The highest BCUT2D eigenvalue weighted by Crippen LogP contribution is 2.44. The molecule has 0 unspecified atom stereocenters. The molecule has 7 heteroatoms. The minimum absolute atomic E-state index is 0.109. The normalized spacial score (nSPS) is 19.5. The molecule has 3 aromatic rings. The number of amides is 1. The van der Waals surface area contributed by atoms with Gasteiger partial charge < -0.3 is 23.9 Å². The Bertz CT molecular complexity index is 1110. The average Bonchev–Trinajstić information content (AvgIpc) is 3.45. The van der Waals surface area contributed by atoms with E-state index in [1.54, 1.807) is 36.4 Å². The second kappa shape index (κ2) is 6.49. The number of hydrogen-bond acceptors (Lipinski definition) is 6. The summed E-state index contributed by atoms with van der Waals surface area (Å²) in [6, 6.07) is 15.5. The largest absolute Gasteiger partial charge is 0.461 e. The molecule has 5 rings (SSSR count). The Morgan fingerprint density at radius 3 is 2.72 bits per heavy atom. The van der Waals surface area contributed by atoms with E-state index in [0.717, 1.165) is 5.56 Å². The lowest BCUT2D eigenvalue weighted by Crippen LogP contribution is -2.41. The number of furan rings is 1. The third kappa shape index (κ3) is 2.78. The number of carbonyl (C=O) groups excluding carboxylic acids is 2. The standard InChI is InChI=1S/C22H17NO6/c24-17(18-6-3-9-27-18)11-22(26)15-4-1-2-5-16(15)23(21(22)25)12-14-7-8-19-20(10-14)29-13-28-19/h1-10,26H,11-13H2/t22-/m0/s1. The molecule has 0 spiro atoms. The van der Waals surface area contributed by atoms with Crippen LogP contribution in [0.5, 0.6) is 11.5 Å². The van der Waals surface area contributed by atoms with Crippen LogP contribution in [-0.4, -0.2) is 23.6 Å². The SMILES string of the molecule is O=C(C[C@@]1(O)C(=O)N(Cc2ccc3c(c2)OCO3)c2ccccc21)c1ccco1. The highest BCUT2D eigenvalue weighted by Gasteiger charge is 2.51. The minimum atomic E-state index is -1.95. The summed E-state index contributed by atoms with van der Waals surface area (Å²) < 4.78 is 15.9. The van der Waals surface area contributed by atoms with Crippen LogP contribution >= 0.6 is 0 Å². The van der Waals surface area contributed by atoms with Gasteiger partial charge in [0.05, 0.1) is 24.9 Å². The number of nitrogens with zero attached hydrogens (tertiary/aromatic N) is 1. The van der Waals surface area contributed by atoms with E-state index in [4.69, 9.17) is 13.9 Å². The maximum Gasteiger partial charge on any atom is 0.264 e. The summed E-state index contributed by atoms with van der Waals surface area (Å²) in [5, 5.41) is 11.3. The van der Waals surface area contributed by atoms with Gasteiger partial charge in [-0.2, -0.15) is 0 Å². The van der Waals surface area contributed by atoms with Gasteiger partial charge in [0.2, 0.25) is 12.6 Å². The lowest BCUT2D eigenvalue weighted by molar-refractivity contribution is -0.136. The van der Waals surface area contributed by atoms with E-state index in [1.807, 2.05) is 12.1 Å². The Morgan fingerprint density at radius 2 is 1.90 bits per heavy atom. The van der Waals surface area contributed by atoms with Gasteiger partial charge in [0.1, 0.15) is 0 Å². The van der Waals surface area contributed by atoms with Gasteiger partial charge in [0, 0.05) is 5.56 Å². The predicted molar refractivity (Wildman–Crippen MR) is 102 cm³/mol. The van der Waals surface area contributed by atoms with Crippen molar-refractivity contribution in [3.05, 3.63) is 77.7 Å². The van der Waals surface area contributed by atoms with Crippen LogP contribution in [0, 0.1) is 0 Å². The average molecular weight is 391 g/mol. The van der Waals surface area contributed by atoms with Gasteiger partial charge in [0.25, 0.3) is 5.91 Å². The molecule has 3 heterocycles. The quantitative estimate of drug-likeness (QED) is 0.673. The van der Waals surface area contributed by atoms with Crippen molar-refractivity contribution in [2.24, 2.45) is 0 Å². The minimum Gasteiger partial charge on any atom is -0.461 e. The van der Waals surface area contributed by atoms with Crippen LogP contribution < -0.4 is 14.4 Å². The van der Waals surface area contributed by atoms with Crippen LogP contribution in [-0.2, 0) is 16.9 Å². The van der Waals surface area contributed by atoms with Gasteiger partial charge in [-0.05, 0) is 35.9 Å². The van der Waals surface area contributed by atoms with Gasteiger partial charge in [-0.1, -0.05) is 24.3 Å². The fraction of sp³-hybridized carbons (Fsp3) is 0.182. The fourth-order valence-electron chi connectivity index (χ4n) is 3.81. The molecule has 1 atom stereocenters. The number of rotatable bonds is 5. The van der Waals surface area contributed by atoms with Crippen molar-refractivity contribution in [1.82, 2.24) is 0 Å². The highest BCUT2D eigenvalue weighted by molar-refractivity contribution is 6.10. The molecule has 7 nitrogen and oxygen atoms in total. The Kier molecular flexibility index (Phi) is 3.92. The first-order valence-corrected chi connectivity index (χ1v) is 9.15. The fourth-order valence-corrected chi connectivity index (χ4v) is 3.81. The van der Waals surface area contributed by atoms with E-state index in [9.17, 15) is 14.7 Å². The zero-order valence-corrected chi connectivity index (χ0v) is 15.3. The van der Waals surface area contributed by atoms with Crippen LogP contribution in [0.3, 0.4) is 0 Å². The molecular formula is C22H17NO6. The van der Waals surface area contributed by atoms with Crippen molar-refractivity contribution in [1.29, 1.82) is 0 Å². The molecule has 0 radical (unpaired) electrons. The molecular weight excluding hydrogens is 374 g/mol. The summed E-state index contributed by atoms with van der Waals surface area (Å²) in [6.45, 7) is 0.392. The molecule has 2 aliphatic heterocycles. The maximum atomic E-state index is 13.3. The van der Waals surface area contributed by atoms with Crippen molar-refractivity contribution < 1.29 is 28.6 Å². The van der Waals surface area contributed by atoms with Crippen LogP contribution in [0.1, 0.15) is 28.1 Å². The van der Waals surface area contributed by atoms with Crippen LogP contribution in [0.2, 0.25) is 0 Å². The molecule has 146 valence electrons. The number of fused-ring (bicyclic) bond motifs is 2. The van der Waals surface area contributed by atoms with Gasteiger partial charge >= 0.3 is 0 Å². The topological polar surface area (TPSA) is 89.2 Å². The van der Waals surface area contributed by atoms with Crippen molar-refractivity contribution in [3.8, 4) is 11.5 Å². The first-order chi connectivity index (χ1) is 14.1. The first-order valence-electron chi connectivity index (χ1n) is 9.15. The molecule has 0 saturated carbocycles. The number of anilines is 1. The molecule has 0 fully saturated rings. The summed E-state index contributed by atoms with van der Waals surface area (Å²) >= 11 is 0. The van der Waals surface area contributed by atoms with Gasteiger partial charge in [0.15, 0.2) is 22.9 Å². The summed E-state index contributed by atoms with van der Waals surface area (Å²) in [5.74, 6) is 0.396. The number of carbonyl (C=O) groups is 2. The number of para-hydroxylation sites is 1. The Labute approximate surface area is 166 Å². The van der Waals surface area contributed by atoms with Gasteiger partial charge in [-0.25, -0.2) is 0 Å². The molecule has 2 aliphatic rings. The Morgan fingerprint density at radius 1 is 1.07 bits per heavy atom. The summed E-state index contributed by atoms with van der Waals surface area (Å²) in [7, 11) is 0. The molecule has 0 aliphatic carbocycles. The molecule has 1 aromatic heterocycles. The third-order valence-electron chi connectivity index (χ3n) is 5.23. The van der Waals surface area contributed by atoms with E-state index in [0.29, 0.717) is 22.7 Å². The number of aliphatic hydroxyl groups is 1. The summed E-state index contributed by atoms with van der Waals surface area (Å²) in [6.07, 6.45) is 0.988. The van der Waals surface area contributed by atoms with Crippen LogP contribution in [0.4, 0.5) is 5.69 Å². The van der Waals surface area contributed by atoms with Gasteiger partial charge in [-0.15, -0.1) is 0 Å². The lowest BCUT2D eigenvalue weighted by atomic mass is 9.89. The molecule has 0 saturated heterocycles. The van der Waals surface area contributed by atoms with Gasteiger partial charge in [-0.3, -0.25) is 9.59 Å². The van der Waals surface area contributed by atoms with E-state index >= 15 is 0 Å². The number of ketones is 1. The van der Waals surface area contributed by atoms with Crippen molar-refractivity contribution >= 4 is 17.4 Å². The number of hydrogen-bond donors (Lipinski definition) is 1. The zero-order valence-electron chi connectivity index (χ0n) is 15.3. The zero-order chi connectivity index (χ0) is 20.0. The molecule has 0 bridgehead atoms. The van der Waals surface area contributed by atoms with E-state index in [1.165, 1.54) is 17.2 Å². The van der Waals surface area contributed by atoms with E-state index in [-0.39, 0.29) is 19.1 Å². The lowest BCUT2D eigenvalue weighted by Gasteiger charge is -2.22. The second-order valence-electron chi connectivity index (χ2n) is 7.03. The molecule has 2 aromatic carbocycles. The smallest absolute Gasteiger partial charge is 0.264 e. The Hall–Kier alpha value is -3.58. The third-order valence-corrected chi connectivity index (χ3v) is 5.23. The van der Waals surface area contributed by atoms with Crippen LogP contribution in [0.15, 0.2) is 65.3 Å². The predicted octanol–water partition coefficient (Wildman–Crippen LogP) is 3.02. The van der Waals surface area contributed by atoms with E-state index in [2.05, 4.69) is 0 Å². The van der Waals surface area contributed by atoms with Crippen molar-refractivity contribution in [3.63, 3.8) is 0 Å². The monoisotopic (exact) mass is 391 g/mol. The molecule has 1 amide bonds. The van der Waals surface area contributed by atoms with Crippen molar-refractivity contribution in [2.45, 2.75) is 18.6 Å². The van der Waals surface area contributed by atoms with E-state index < -0.39 is 23.7 Å². The number of ether oxygens (including phenoxy) is 2. The Balaban J connectivity index is 1.48. The maximum absolute atomic E-state index is 13.3. The first kappa shape index (κ1) is 17.5. The highest BCUT2D eigenvalue weighted by atomic mass is 16.7. The number of Topliss-reactive ketones (excluding diaryl/α,β-unsaturated/α-hetero) is 1. The summed E-state index contributed by atoms with van der Waals surface area (Å²) in [4.78, 5) is 27.3. The summed E-state index contributed by atoms with van der Waals surface area (Å²) in [5.41, 5.74) is -0.147.